The number of halogens is 4. The average molecular weight is 382 g/mol. The first-order chi connectivity index (χ1) is 12.1. The predicted octanol–water partition coefficient (Wildman–Crippen LogP) is 4.51. The highest BCUT2D eigenvalue weighted by atomic mass is 35.5. The summed E-state index contributed by atoms with van der Waals surface area (Å²) in [5, 5.41) is 9.53. The van der Waals surface area contributed by atoms with E-state index >= 15 is 0 Å². The summed E-state index contributed by atoms with van der Waals surface area (Å²) in [4.78, 5) is 25.4. The Morgan fingerprint density at radius 1 is 1.00 bits per heavy atom. The normalized spacial score (nSPS) is 15.2. The maximum absolute atomic E-state index is 13.0. The second kappa shape index (κ2) is 6.17. The molecule has 0 atom stereocenters. The molecule has 0 aromatic heterocycles. The zero-order valence-corrected chi connectivity index (χ0v) is 14.0. The minimum absolute atomic E-state index is 0.265. The number of aryl methyl sites for hydroxylation is 1. The van der Waals surface area contributed by atoms with Crippen LogP contribution in [0.1, 0.15) is 16.7 Å². The number of rotatable bonds is 2. The number of alkyl halides is 3. The first-order valence-electron chi connectivity index (χ1n) is 7.37. The highest BCUT2D eigenvalue weighted by Gasteiger charge is 2.41. The minimum atomic E-state index is -4.76. The third kappa shape index (κ3) is 2.94. The van der Waals surface area contributed by atoms with Gasteiger partial charge in [0.05, 0.1) is 21.8 Å². The molecule has 0 bridgehead atoms. The molecule has 1 aliphatic heterocycles. The van der Waals surface area contributed by atoms with Gasteiger partial charge in [0.15, 0.2) is 5.76 Å². The number of imide groups is 1. The van der Waals surface area contributed by atoms with E-state index in [4.69, 9.17) is 11.6 Å². The van der Waals surface area contributed by atoms with Gasteiger partial charge in [0.1, 0.15) is 0 Å². The molecule has 0 aliphatic carbocycles. The van der Waals surface area contributed by atoms with Crippen LogP contribution in [0.4, 0.5) is 18.9 Å². The van der Waals surface area contributed by atoms with Crippen LogP contribution >= 0.6 is 11.6 Å². The van der Waals surface area contributed by atoms with Crippen LogP contribution in [0.3, 0.4) is 0 Å². The van der Waals surface area contributed by atoms with E-state index in [0.29, 0.717) is 16.5 Å². The molecule has 2 aromatic rings. The average Bonchev–Trinajstić information content (AvgIpc) is 2.78. The van der Waals surface area contributed by atoms with Crippen molar-refractivity contribution < 1.29 is 27.9 Å². The molecule has 134 valence electrons. The standard InChI is InChI=1S/C18H11ClF3NO3/c1-9-2-4-10(5-3-9)14-15(24)17(26)23(16(14)25)11-6-7-13(19)12(8-11)18(20,21)22/h2-8,24H,1H3. The van der Waals surface area contributed by atoms with Crippen molar-refractivity contribution in [3.8, 4) is 0 Å². The third-order valence-electron chi connectivity index (χ3n) is 3.91. The summed E-state index contributed by atoms with van der Waals surface area (Å²) in [6, 6.07) is 9.10. The second-order valence-corrected chi connectivity index (χ2v) is 6.10. The van der Waals surface area contributed by atoms with Gasteiger partial charge in [0.25, 0.3) is 5.91 Å². The summed E-state index contributed by atoms with van der Waals surface area (Å²) in [5.41, 5.74) is -0.585. The lowest BCUT2D eigenvalue weighted by Crippen LogP contribution is -2.31. The van der Waals surface area contributed by atoms with Crippen LogP contribution < -0.4 is 4.90 Å². The van der Waals surface area contributed by atoms with Crippen LogP contribution in [0.15, 0.2) is 48.2 Å². The SMILES string of the molecule is Cc1ccc(C2=C(O)C(=O)N(c3ccc(Cl)c(C(F)(F)F)c3)C2=O)cc1. The minimum Gasteiger partial charge on any atom is -0.502 e. The zero-order chi connectivity index (χ0) is 19.2. The molecule has 8 heteroatoms. The van der Waals surface area contributed by atoms with Crippen molar-refractivity contribution in [3.63, 3.8) is 0 Å². The Hall–Kier alpha value is -2.80. The highest BCUT2D eigenvalue weighted by molar-refractivity contribution is 6.45. The Kier molecular flexibility index (Phi) is 4.28. The summed E-state index contributed by atoms with van der Waals surface area (Å²) >= 11 is 5.56. The Labute approximate surface area is 151 Å². The number of anilines is 1. The van der Waals surface area contributed by atoms with Crippen molar-refractivity contribution in [2.75, 3.05) is 4.90 Å². The van der Waals surface area contributed by atoms with Crippen molar-refractivity contribution in [2.45, 2.75) is 13.1 Å². The van der Waals surface area contributed by atoms with Gasteiger partial charge >= 0.3 is 12.1 Å². The molecule has 0 radical (unpaired) electrons. The number of carbonyl (C=O) groups is 2. The fraction of sp³-hybridized carbons (Fsp3) is 0.111. The first kappa shape index (κ1) is 18.0. The number of carbonyl (C=O) groups excluding carboxylic acids is 2. The molecule has 1 heterocycles. The summed E-state index contributed by atoms with van der Waals surface area (Å²) in [5.74, 6) is -2.82. The van der Waals surface area contributed by atoms with Crippen molar-refractivity contribution in [2.24, 2.45) is 0 Å². The first-order valence-corrected chi connectivity index (χ1v) is 7.75. The third-order valence-corrected chi connectivity index (χ3v) is 4.24. The van der Waals surface area contributed by atoms with Crippen LogP contribution in [0.2, 0.25) is 5.02 Å². The van der Waals surface area contributed by atoms with Gasteiger partial charge < -0.3 is 5.11 Å². The molecule has 0 spiro atoms. The molecule has 1 N–H and O–H groups in total. The van der Waals surface area contributed by atoms with Crippen LogP contribution in [0.25, 0.3) is 5.57 Å². The van der Waals surface area contributed by atoms with Crippen LogP contribution in [-0.4, -0.2) is 16.9 Å². The van der Waals surface area contributed by atoms with Crippen molar-refractivity contribution >= 4 is 34.7 Å². The topological polar surface area (TPSA) is 57.6 Å². The quantitative estimate of drug-likeness (QED) is 0.779. The van der Waals surface area contributed by atoms with Gasteiger partial charge in [-0.15, -0.1) is 0 Å². The molecule has 4 nitrogen and oxygen atoms in total. The molecule has 26 heavy (non-hydrogen) atoms. The van der Waals surface area contributed by atoms with Crippen LogP contribution in [-0.2, 0) is 15.8 Å². The van der Waals surface area contributed by atoms with E-state index < -0.39 is 34.3 Å². The van der Waals surface area contributed by atoms with E-state index in [0.717, 1.165) is 17.7 Å². The number of nitrogens with zero attached hydrogens (tertiary/aromatic N) is 1. The van der Waals surface area contributed by atoms with Crippen LogP contribution in [0.5, 0.6) is 0 Å². The molecule has 0 saturated heterocycles. The highest BCUT2D eigenvalue weighted by Crippen LogP contribution is 2.39. The lowest BCUT2D eigenvalue weighted by molar-refractivity contribution is -0.137. The predicted molar refractivity (Wildman–Crippen MR) is 89.7 cm³/mol. The Morgan fingerprint density at radius 3 is 2.19 bits per heavy atom. The Morgan fingerprint density at radius 2 is 1.62 bits per heavy atom. The Bertz CT molecular complexity index is 949. The summed E-state index contributed by atoms with van der Waals surface area (Å²) in [7, 11) is 0. The fourth-order valence-electron chi connectivity index (χ4n) is 2.60. The maximum atomic E-state index is 13.0. The van der Waals surface area contributed by atoms with E-state index in [1.807, 2.05) is 6.92 Å². The van der Waals surface area contributed by atoms with Crippen LogP contribution in [0, 0.1) is 6.92 Å². The van der Waals surface area contributed by atoms with E-state index in [2.05, 4.69) is 0 Å². The Balaban J connectivity index is 2.06. The number of hydrogen-bond acceptors (Lipinski definition) is 3. The van der Waals surface area contributed by atoms with Gasteiger partial charge in [-0.05, 0) is 30.7 Å². The fourth-order valence-corrected chi connectivity index (χ4v) is 2.83. The van der Waals surface area contributed by atoms with Gasteiger partial charge in [-0.1, -0.05) is 41.4 Å². The zero-order valence-electron chi connectivity index (χ0n) is 13.3. The molecule has 3 rings (SSSR count). The number of aliphatic hydroxyl groups is 1. The van der Waals surface area contributed by atoms with Crippen molar-refractivity contribution in [1.82, 2.24) is 0 Å². The maximum Gasteiger partial charge on any atom is 0.417 e. The molecule has 0 saturated carbocycles. The molecule has 0 unspecified atom stereocenters. The van der Waals surface area contributed by atoms with Gasteiger partial charge in [-0.2, -0.15) is 13.2 Å². The van der Waals surface area contributed by atoms with Gasteiger partial charge in [-0.25, -0.2) is 4.90 Å². The largest absolute Gasteiger partial charge is 0.502 e. The lowest BCUT2D eigenvalue weighted by Gasteiger charge is -2.17. The van der Waals surface area contributed by atoms with E-state index in [1.165, 1.54) is 0 Å². The monoisotopic (exact) mass is 381 g/mol. The summed E-state index contributed by atoms with van der Waals surface area (Å²) in [6.45, 7) is 1.82. The second-order valence-electron chi connectivity index (χ2n) is 5.70. The molecule has 0 fully saturated rings. The van der Waals surface area contributed by atoms with E-state index in [1.54, 1.807) is 24.3 Å². The smallest absolute Gasteiger partial charge is 0.417 e. The van der Waals surface area contributed by atoms with Crippen molar-refractivity contribution in [3.05, 3.63) is 69.9 Å². The molecular formula is C18H11ClF3NO3. The summed E-state index contributed by atoms with van der Waals surface area (Å²) in [6.07, 6.45) is -4.76. The number of aliphatic hydroxyl groups excluding tert-OH is 1. The molecule has 2 amide bonds. The van der Waals surface area contributed by atoms with Gasteiger partial charge in [0, 0.05) is 0 Å². The molecular weight excluding hydrogens is 371 g/mol. The number of amides is 2. The van der Waals surface area contributed by atoms with Crippen molar-refractivity contribution in [1.29, 1.82) is 0 Å². The number of benzene rings is 2. The van der Waals surface area contributed by atoms with E-state index in [9.17, 15) is 27.9 Å². The van der Waals surface area contributed by atoms with E-state index in [-0.39, 0.29) is 11.3 Å². The van der Waals surface area contributed by atoms with Gasteiger partial charge in [0.2, 0.25) is 0 Å². The number of hydrogen-bond donors (Lipinski definition) is 1. The molecule has 1 aliphatic rings. The lowest BCUT2D eigenvalue weighted by atomic mass is 10.0. The molecule has 2 aromatic carbocycles. The summed E-state index contributed by atoms with van der Waals surface area (Å²) < 4.78 is 39.1. The van der Waals surface area contributed by atoms with Gasteiger partial charge in [-0.3, -0.25) is 9.59 Å².